The molecule has 0 bridgehead atoms. The van der Waals surface area contributed by atoms with E-state index in [1.807, 2.05) is 6.08 Å². The Hall–Kier alpha value is -1.88. The van der Waals surface area contributed by atoms with Crippen LogP contribution in [0.15, 0.2) is 34.9 Å². The van der Waals surface area contributed by atoms with Crippen molar-refractivity contribution < 1.29 is 24.5 Å². The minimum atomic E-state index is -0.706. The number of hydrogen-bond donors (Lipinski definition) is 2. The molecule has 1 aliphatic heterocycles. The summed E-state index contributed by atoms with van der Waals surface area (Å²) in [6, 6.07) is 0. The summed E-state index contributed by atoms with van der Waals surface area (Å²) in [4.78, 5) is 23.9. The number of aliphatic hydroxyl groups excluding tert-OH is 1. The maximum atomic E-state index is 12.3. The molecule has 0 radical (unpaired) electrons. The molecular formula is C30H42O5. The molecule has 5 rings (SSSR count). The van der Waals surface area contributed by atoms with Gasteiger partial charge in [0.25, 0.3) is 0 Å². The van der Waals surface area contributed by atoms with Gasteiger partial charge in [0.15, 0.2) is 0 Å². The highest BCUT2D eigenvalue weighted by Gasteiger charge is 2.80. The van der Waals surface area contributed by atoms with Crippen LogP contribution >= 0.6 is 0 Å². The van der Waals surface area contributed by atoms with Crippen LogP contribution in [0.4, 0.5) is 0 Å². The molecule has 2 N–H and O–H groups in total. The van der Waals surface area contributed by atoms with Crippen LogP contribution in [0.5, 0.6) is 0 Å². The standard InChI is InChI=1S/C30H42O5/c1-18(2)21-9-10-23-28(5)15-22(31)25(20-8-6-7-19(3)26(34)35-16-20)27(28,4)13-14-30(23)17-29(21,30)12-11-24(32)33/h7,21-23,31H,1,6,8-17H2,2-5H3,(H,32,33)/b19-7-,25-20-/t21-,22-,23-,27+,28-,29+,30-/m0/s1. The van der Waals surface area contributed by atoms with Crippen molar-refractivity contribution in [2.24, 2.45) is 33.5 Å². The second-order valence-electron chi connectivity index (χ2n) is 12.9. The maximum Gasteiger partial charge on any atom is 0.333 e. The number of aliphatic hydroxyl groups is 1. The summed E-state index contributed by atoms with van der Waals surface area (Å²) in [5, 5.41) is 21.1. The number of esters is 1. The van der Waals surface area contributed by atoms with E-state index >= 15 is 0 Å². The minimum Gasteiger partial charge on any atom is -0.481 e. The number of fused-ring (bicyclic) bond motifs is 2. The van der Waals surface area contributed by atoms with Crippen LogP contribution in [0.25, 0.3) is 0 Å². The monoisotopic (exact) mass is 482 g/mol. The first-order valence-corrected chi connectivity index (χ1v) is 13.5. The lowest BCUT2D eigenvalue weighted by molar-refractivity contribution is -0.139. The van der Waals surface area contributed by atoms with E-state index in [0.29, 0.717) is 17.4 Å². The third kappa shape index (κ3) is 3.29. The van der Waals surface area contributed by atoms with Crippen molar-refractivity contribution >= 4 is 11.9 Å². The molecule has 35 heavy (non-hydrogen) atoms. The van der Waals surface area contributed by atoms with Gasteiger partial charge in [-0.3, -0.25) is 4.79 Å². The summed E-state index contributed by atoms with van der Waals surface area (Å²) in [6.07, 6.45) is 10.1. The van der Waals surface area contributed by atoms with Crippen molar-refractivity contribution in [1.29, 1.82) is 0 Å². The van der Waals surface area contributed by atoms with Crippen LogP contribution in [-0.4, -0.2) is 34.9 Å². The normalized spacial score (nSPS) is 48.3. The number of carboxylic acid groups (broad SMARTS) is 1. The third-order valence-electron chi connectivity index (χ3n) is 11.6. The van der Waals surface area contributed by atoms with Crippen molar-refractivity contribution in [3.8, 4) is 0 Å². The maximum absolute atomic E-state index is 12.3. The molecule has 1 heterocycles. The van der Waals surface area contributed by atoms with Gasteiger partial charge < -0.3 is 14.9 Å². The summed E-state index contributed by atoms with van der Waals surface area (Å²) in [7, 11) is 0. The summed E-state index contributed by atoms with van der Waals surface area (Å²) < 4.78 is 5.63. The molecule has 1 spiro atoms. The lowest BCUT2D eigenvalue weighted by Crippen LogP contribution is -2.52. The number of carbonyl (C=O) groups excluding carboxylic acids is 1. The van der Waals surface area contributed by atoms with Crippen molar-refractivity contribution in [1.82, 2.24) is 0 Å². The molecule has 5 nitrogen and oxygen atoms in total. The summed E-state index contributed by atoms with van der Waals surface area (Å²) in [5.41, 5.74) is 4.12. The number of hydrogen-bond acceptors (Lipinski definition) is 4. The predicted octanol–water partition coefficient (Wildman–Crippen LogP) is 5.98. The number of carboxylic acids is 1. The molecule has 4 saturated carbocycles. The van der Waals surface area contributed by atoms with Crippen LogP contribution in [0, 0.1) is 33.5 Å². The number of aliphatic carboxylic acids is 1. The average molecular weight is 483 g/mol. The molecule has 0 aromatic rings. The van der Waals surface area contributed by atoms with Gasteiger partial charge >= 0.3 is 11.9 Å². The Bertz CT molecular complexity index is 1040. The first-order valence-electron chi connectivity index (χ1n) is 13.5. The molecule has 0 unspecified atom stereocenters. The lowest BCUT2D eigenvalue weighted by Gasteiger charge is -2.59. The fourth-order valence-electron chi connectivity index (χ4n) is 9.89. The summed E-state index contributed by atoms with van der Waals surface area (Å²) >= 11 is 0. The van der Waals surface area contributed by atoms with E-state index < -0.39 is 12.1 Å². The SMILES string of the molecule is C=C(C)[C@@H]1CC[C@@H]2[C@]3(CC[C@]4(C)/C(=C5/CC/C=C(/C)C(=O)OC5)[C@@H](O)C[C@@]24C)C[C@]13CCC(=O)O. The molecule has 7 atom stereocenters. The van der Waals surface area contributed by atoms with Crippen LogP contribution in [0.1, 0.15) is 91.9 Å². The van der Waals surface area contributed by atoms with E-state index in [-0.39, 0.29) is 40.7 Å². The zero-order valence-corrected chi connectivity index (χ0v) is 21.9. The van der Waals surface area contributed by atoms with Gasteiger partial charge in [0.2, 0.25) is 0 Å². The quantitative estimate of drug-likeness (QED) is 0.380. The second kappa shape index (κ2) is 8.06. The number of ether oxygens (including phenoxy) is 1. The van der Waals surface area contributed by atoms with Crippen LogP contribution in [0.2, 0.25) is 0 Å². The van der Waals surface area contributed by atoms with Gasteiger partial charge in [0.05, 0.1) is 6.10 Å². The Labute approximate surface area is 209 Å². The van der Waals surface area contributed by atoms with Crippen molar-refractivity contribution in [3.63, 3.8) is 0 Å². The Balaban J connectivity index is 1.53. The molecule has 5 heteroatoms. The van der Waals surface area contributed by atoms with Gasteiger partial charge in [-0.25, -0.2) is 4.79 Å². The van der Waals surface area contributed by atoms with Gasteiger partial charge in [0, 0.05) is 12.0 Å². The van der Waals surface area contributed by atoms with E-state index in [1.165, 1.54) is 5.57 Å². The van der Waals surface area contributed by atoms with Crippen molar-refractivity contribution in [2.45, 2.75) is 98.0 Å². The van der Waals surface area contributed by atoms with Gasteiger partial charge in [-0.1, -0.05) is 32.1 Å². The smallest absolute Gasteiger partial charge is 0.333 e. The molecule has 0 saturated heterocycles. The zero-order valence-electron chi connectivity index (χ0n) is 21.9. The third-order valence-corrected chi connectivity index (χ3v) is 11.6. The molecule has 4 fully saturated rings. The van der Waals surface area contributed by atoms with E-state index in [4.69, 9.17) is 4.74 Å². The largest absolute Gasteiger partial charge is 0.481 e. The number of rotatable bonds is 4. The van der Waals surface area contributed by atoms with Gasteiger partial charge in [-0.2, -0.15) is 0 Å². The van der Waals surface area contributed by atoms with Crippen LogP contribution in [0.3, 0.4) is 0 Å². The molecule has 5 aliphatic rings. The Morgan fingerprint density at radius 2 is 2.00 bits per heavy atom. The molecular weight excluding hydrogens is 440 g/mol. The van der Waals surface area contributed by atoms with Gasteiger partial charge in [0.1, 0.15) is 6.61 Å². The Kier molecular flexibility index (Phi) is 5.71. The molecule has 192 valence electrons. The minimum absolute atomic E-state index is 0.0451. The van der Waals surface area contributed by atoms with Gasteiger partial charge in [-0.05, 0) is 116 Å². The molecule has 4 aliphatic carbocycles. The zero-order chi connectivity index (χ0) is 25.4. The van der Waals surface area contributed by atoms with Crippen molar-refractivity contribution in [3.05, 3.63) is 34.9 Å². The van der Waals surface area contributed by atoms with E-state index in [0.717, 1.165) is 68.9 Å². The van der Waals surface area contributed by atoms with E-state index in [1.54, 1.807) is 6.92 Å². The number of cyclic esters (lactones) is 1. The first-order chi connectivity index (χ1) is 16.4. The first kappa shape index (κ1) is 24.8. The summed E-state index contributed by atoms with van der Waals surface area (Å²) in [6.45, 7) is 13.3. The number of carbonyl (C=O) groups is 2. The predicted molar refractivity (Wildman–Crippen MR) is 134 cm³/mol. The van der Waals surface area contributed by atoms with Gasteiger partial charge in [-0.15, -0.1) is 0 Å². The highest BCUT2D eigenvalue weighted by atomic mass is 16.5. The van der Waals surface area contributed by atoms with E-state index in [2.05, 4.69) is 27.4 Å². The highest BCUT2D eigenvalue weighted by molar-refractivity contribution is 5.87. The fraction of sp³-hybridized carbons (Fsp3) is 0.733. The van der Waals surface area contributed by atoms with Crippen LogP contribution in [-0.2, 0) is 14.3 Å². The fourth-order valence-corrected chi connectivity index (χ4v) is 9.89. The molecule has 0 aromatic carbocycles. The van der Waals surface area contributed by atoms with E-state index in [9.17, 15) is 19.8 Å². The molecule has 0 aromatic heterocycles. The second-order valence-corrected chi connectivity index (χ2v) is 12.9. The number of allylic oxidation sites excluding steroid dienone is 2. The van der Waals surface area contributed by atoms with Crippen LogP contribution < -0.4 is 0 Å². The molecule has 0 amide bonds. The Morgan fingerprint density at radius 1 is 1.26 bits per heavy atom. The Morgan fingerprint density at radius 3 is 2.69 bits per heavy atom. The highest BCUT2D eigenvalue weighted by Crippen LogP contribution is 2.87. The van der Waals surface area contributed by atoms with Crippen molar-refractivity contribution in [2.75, 3.05) is 6.61 Å². The topological polar surface area (TPSA) is 83.8 Å². The lowest BCUT2D eigenvalue weighted by atomic mass is 9.44. The summed E-state index contributed by atoms with van der Waals surface area (Å²) in [5.74, 6) is -0.105. The average Bonchev–Trinajstić information content (AvgIpc) is 3.40.